The molecule has 8 nitrogen and oxygen atoms in total. The molecule has 0 bridgehead atoms. The molecule has 2 aliphatic heterocycles. The van der Waals surface area contributed by atoms with Gasteiger partial charge in [0, 0.05) is 31.5 Å². The molecule has 0 unspecified atom stereocenters. The summed E-state index contributed by atoms with van der Waals surface area (Å²) in [6.45, 7) is 3.68. The number of nitrogens with zero attached hydrogens (tertiary/aromatic N) is 2. The van der Waals surface area contributed by atoms with Gasteiger partial charge >= 0.3 is 5.97 Å². The number of pyridine rings is 1. The van der Waals surface area contributed by atoms with Gasteiger partial charge < -0.3 is 24.9 Å². The van der Waals surface area contributed by atoms with Crippen molar-refractivity contribution in [3.05, 3.63) is 54.0 Å². The molecule has 9 heteroatoms. The fourth-order valence-electron chi connectivity index (χ4n) is 3.76. The minimum absolute atomic E-state index is 0. The van der Waals surface area contributed by atoms with Gasteiger partial charge in [-0.1, -0.05) is 18.2 Å². The van der Waals surface area contributed by atoms with Crippen molar-refractivity contribution in [3.63, 3.8) is 0 Å². The fourth-order valence-corrected chi connectivity index (χ4v) is 3.76. The number of carboxylic acid groups (broad SMARTS) is 1. The number of fused-ring (bicyclic) bond motifs is 1. The number of rotatable bonds is 4. The maximum atomic E-state index is 10.5. The topological polar surface area (TPSA) is 109 Å². The molecule has 3 N–H and O–H groups in total. The van der Waals surface area contributed by atoms with Gasteiger partial charge in [-0.15, -0.1) is 12.4 Å². The number of hydrogen-bond donors (Lipinski definition) is 3. The molecule has 31 heavy (non-hydrogen) atoms. The number of aromatic amines is 1. The maximum Gasteiger partial charge on any atom is 0.371 e. The van der Waals surface area contributed by atoms with Crippen molar-refractivity contribution in [3.8, 4) is 5.88 Å². The Morgan fingerprint density at radius 3 is 2.65 bits per heavy atom. The van der Waals surface area contributed by atoms with Gasteiger partial charge in [0.2, 0.25) is 11.7 Å². The van der Waals surface area contributed by atoms with Gasteiger partial charge in [0.1, 0.15) is 6.10 Å². The Morgan fingerprint density at radius 2 is 1.94 bits per heavy atom. The molecule has 0 aliphatic carbocycles. The lowest BCUT2D eigenvalue weighted by Crippen LogP contribution is -2.22. The highest BCUT2D eigenvalue weighted by Gasteiger charge is 2.23. The molecular formula is C22H27ClN4O4. The quantitative estimate of drug-likeness (QED) is 0.563. The van der Waals surface area contributed by atoms with Crippen LogP contribution in [0.3, 0.4) is 0 Å². The van der Waals surface area contributed by atoms with Crippen molar-refractivity contribution >= 4 is 29.4 Å². The van der Waals surface area contributed by atoms with Gasteiger partial charge in [-0.05, 0) is 49.9 Å². The van der Waals surface area contributed by atoms with Gasteiger partial charge in [-0.3, -0.25) is 0 Å². The number of aromatic carboxylic acids is 1. The van der Waals surface area contributed by atoms with Gasteiger partial charge in [0.15, 0.2) is 0 Å². The van der Waals surface area contributed by atoms with Crippen LogP contribution in [0.5, 0.6) is 5.88 Å². The van der Waals surface area contributed by atoms with E-state index < -0.39 is 5.97 Å². The molecule has 5 rings (SSSR count). The molecule has 0 saturated carbocycles. The number of nitrogens with one attached hydrogen (secondary N) is 2. The smallest absolute Gasteiger partial charge is 0.371 e. The largest absolute Gasteiger partial charge is 0.475 e. The second-order valence-electron chi connectivity index (χ2n) is 7.42. The van der Waals surface area contributed by atoms with E-state index in [2.05, 4.69) is 26.3 Å². The molecule has 1 aromatic carbocycles. The zero-order valence-electron chi connectivity index (χ0n) is 17.1. The van der Waals surface area contributed by atoms with Crippen LogP contribution in [0.2, 0.25) is 0 Å². The molecule has 2 fully saturated rings. The van der Waals surface area contributed by atoms with Gasteiger partial charge in [-0.25, -0.2) is 14.8 Å². The number of imidazole rings is 1. The van der Waals surface area contributed by atoms with E-state index >= 15 is 0 Å². The Labute approximate surface area is 186 Å². The number of hydrogen-bond acceptors (Lipinski definition) is 6. The Bertz CT molecular complexity index is 951. The number of aromatic nitrogens is 3. The lowest BCUT2D eigenvalue weighted by molar-refractivity contribution is 0.0685. The number of benzene rings is 1. The first kappa shape index (κ1) is 23.0. The summed E-state index contributed by atoms with van der Waals surface area (Å²) in [5.41, 5.74) is 2.68. The minimum atomic E-state index is -1.04. The molecule has 2 aliphatic rings. The van der Waals surface area contributed by atoms with Crippen molar-refractivity contribution in [1.82, 2.24) is 20.3 Å². The molecule has 2 aromatic heterocycles. The summed E-state index contributed by atoms with van der Waals surface area (Å²) in [6.07, 6.45) is 5.32. The third-order valence-corrected chi connectivity index (χ3v) is 5.35. The summed E-state index contributed by atoms with van der Waals surface area (Å²) in [6, 6.07) is 11.3. The van der Waals surface area contributed by atoms with Crippen LogP contribution in [0, 0.1) is 0 Å². The summed E-state index contributed by atoms with van der Waals surface area (Å²) in [4.78, 5) is 21.4. The van der Waals surface area contributed by atoms with E-state index in [4.69, 9.17) is 14.6 Å². The summed E-state index contributed by atoms with van der Waals surface area (Å²) in [5, 5.41) is 11.9. The predicted molar refractivity (Wildman–Crippen MR) is 119 cm³/mol. The van der Waals surface area contributed by atoms with Gasteiger partial charge in [0.05, 0.1) is 11.0 Å². The third-order valence-electron chi connectivity index (χ3n) is 5.35. The highest BCUT2D eigenvalue weighted by atomic mass is 35.5. The second-order valence-corrected chi connectivity index (χ2v) is 7.42. The zero-order chi connectivity index (χ0) is 20.8. The second kappa shape index (κ2) is 11.1. The summed E-state index contributed by atoms with van der Waals surface area (Å²) < 4.78 is 11.5. The number of para-hydroxylation sites is 2. The average molecular weight is 447 g/mol. The maximum absolute atomic E-state index is 10.5. The van der Waals surface area contributed by atoms with Crippen LogP contribution in [0.15, 0.2) is 42.6 Å². The fraction of sp³-hybridized carbons (Fsp3) is 0.409. The number of H-pyrrole nitrogens is 1. The van der Waals surface area contributed by atoms with E-state index in [-0.39, 0.29) is 24.3 Å². The summed E-state index contributed by atoms with van der Waals surface area (Å²) in [5.74, 6) is 0.317. The zero-order valence-corrected chi connectivity index (χ0v) is 17.9. The summed E-state index contributed by atoms with van der Waals surface area (Å²) >= 11 is 0. The molecule has 166 valence electrons. The minimum Gasteiger partial charge on any atom is -0.475 e. The first-order valence-electron chi connectivity index (χ1n) is 10.3. The summed E-state index contributed by atoms with van der Waals surface area (Å²) in [7, 11) is 0. The first-order chi connectivity index (χ1) is 14.7. The number of carbonyl (C=O) groups is 1. The number of halogens is 1. The number of ether oxygens (including phenoxy) is 2. The van der Waals surface area contributed by atoms with E-state index in [1.54, 1.807) is 12.1 Å². The SMILES string of the molecule is Cl.O=C(O)c1nc2ccccc2[nH]1.c1cnc(O[C@@H]2CCNC2)c(C2CCOCC2)c1. The van der Waals surface area contributed by atoms with Gasteiger partial charge in [-0.2, -0.15) is 0 Å². The van der Waals surface area contributed by atoms with E-state index in [0.717, 1.165) is 57.0 Å². The normalized spacial score (nSPS) is 18.6. The third kappa shape index (κ3) is 5.94. The monoisotopic (exact) mass is 446 g/mol. The van der Waals surface area contributed by atoms with E-state index in [9.17, 15) is 4.79 Å². The molecule has 4 heterocycles. The van der Waals surface area contributed by atoms with Crippen molar-refractivity contribution in [2.45, 2.75) is 31.3 Å². The molecule has 0 spiro atoms. The molecular weight excluding hydrogens is 420 g/mol. The van der Waals surface area contributed by atoms with Crippen LogP contribution in [0.25, 0.3) is 11.0 Å². The van der Waals surface area contributed by atoms with Crippen LogP contribution in [0.4, 0.5) is 0 Å². The first-order valence-corrected chi connectivity index (χ1v) is 10.3. The molecule has 2 saturated heterocycles. The van der Waals surface area contributed by atoms with E-state index in [0.29, 0.717) is 11.4 Å². The average Bonchev–Trinajstić information content (AvgIpc) is 3.45. The number of carboxylic acids is 1. The Balaban J connectivity index is 0.000000183. The van der Waals surface area contributed by atoms with Crippen LogP contribution in [-0.2, 0) is 4.74 Å². The van der Waals surface area contributed by atoms with Crippen LogP contribution < -0.4 is 10.1 Å². The van der Waals surface area contributed by atoms with Crippen molar-refractivity contribution < 1.29 is 19.4 Å². The van der Waals surface area contributed by atoms with Crippen molar-refractivity contribution in [2.75, 3.05) is 26.3 Å². The Hall–Kier alpha value is -2.68. The highest BCUT2D eigenvalue weighted by Crippen LogP contribution is 2.32. The van der Waals surface area contributed by atoms with E-state index in [1.807, 2.05) is 24.4 Å². The highest BCUT2D eigenvalue weighted by molar-refractivity contribution is 5.88. The Kier molecular flexibility index (Phi) is 8.22. The molecule has 3 aromatic rings. The lowest BCUT2D eigenvalue weighted by atomic mass is 9.92. The molecule has 0 radical (unpaired) electrons. The van der Waals surface area contributed by atoms with Crippen LogP contribution >= 0.6 is 12.4 Å². The molecule has 1 atom stereocenters. The van der Waals surface area contributed by atoms with Crippen molar-refractivity contribution in [1.29, 1.82) is 0 Å². The lowest BCUT2D eigenvalue weighted by Gasteiger charge is -2.24. The van der Waals surface area contributed by atoms with Crippen LogP contribution in [0.1, 0.15) is 41.4 Å². The molecule has 0 amide bonds. The Morgan fingerprint density at radius 1 is 1.13 bits per heavy atom. The van der Waals surface area contributed by atoms with Crippen LogP contribution in [-0.4, -0.2) is 58.4 Å². The van der Waals surface area contributed by atoms with Crippen molar-refractivity contribution in [2.24, 2.45) is 0 Å². The van der Waals surface area contributed by atoms with Gasteiger partial charge in [0.25, 0.3) is 0 Å². The standard InChI is InChI=1S/C14H20N2O2.C8H6N2O2.ClH/c1-2-13(11-4-8-17-9-5-11)14(16-6-1)18-12-3-7-15-10-12;11-8(12)7-9-5-3-1-2-4-6(5)10-7;/h1-2,6,11-12,15H,3-5,7-10H2;1-4H,(H,9,10)(H,11,12);1H/t12-;;/m1../s1. The van der Waals surface area contributed by atoms with E-state index in [1.165, 1.54) is 5.56 Å². The predicted octanol–water partition coefficient (Wildman–Crippen LogP) is 3.40.